The van der Waals surface area contributed by atoms with Crippen LogP contribution in [-0.2, 0) is 4.74 Å². The highest BCUT2D eigenvalue weighted by atomic mass is 35.5. The summed E-state index contributed by atoms with van der Waals surface area (Å²) in [7, 11) is 1.63. The molecule has 1 fully saturated rings. The lowest BCUT2D eigenvalue weighted by molar-refractivity contribution is -0.908. The summed E-state index contributed by atoms with van der Waals surface area (Å²) in [5.74, 6) is 0.766. The zero-order valence-electron chi connectivity index (χ0n) is 15.8. The minimum atomic E-state index is 0.385. The van der Waals surface area contributed by atoms with E-state index in [4.69, 9.17) is 33.3 Å². The average molecular weight is 423 g/mol. The Balaban J connectivity index is 1.46. The Hall–Kier alpha value is -2.00. The Bertz CT molecular complexity index is 842. The second kappa shape index (κ2) is 10.5. The van der Waals surface area contributed by atoms with Crippen LogP contribution in [0.3, 0.4) is 0 Å². The molecule has 1 aliphatic heterocycles. The number of hydrogen-bond donors (Lipinski definition) is 3. The Morgan fingerprint density at radius 3 is 3.00 bits per heavy atom. The highest BCUT2D eigenvalue weighted by Crippen LogP contribution is 2.23. The first-order valence-electron chi connectivity index (χ1n) is 9.28. The van der Waals surface area contributed by atoms with Gasteiger partial charge in [-0.1, -0.05) is 11.6 Å². The van der Waals surface area contributed by atoms with Crippen molar-refractivity contribution in [2.45, 2.75) is 6.42 Å². The lowest BCUT2D eigenvalue weighted by Gasteiger charge is -2.23. The molecule has 28 heavy (non-hydrogen) atoms. The van der Waals surface area contributed by atoms with E-state index in [2.05, 4.69) is 20.8 Å². The minimum Gasteiger partial charge on any atom is -0.497 e. The van der Waals surface area contributed by atoms with E-state index in [-0.39, 0.29) is 0 Å². The van der Waals surface area contributed by atoms with Crippen molar-refractivity contribution in [2.75, 3.05) is 46.5 Å². The summed E-state index contributed by atoms with van der Waals surface area (Å²) in [6, 6.07) is 7.55. The van der Waals surface area contributed by atoms with E-state index in [1.54, 1.807) is 18.2 Å². The smallest absolute Gasteiger partial charge is 0.186 e. The number of nitrogens with one attached hydrogen (secondary N) is 3. The van der Waals surface area contributed by atoms with E-state index in [1.807, 2.05) is 24.3 Å². The van der Waals surface area contributed by atoms with Gasteiger partial charge in [-0.05, 0) is 36.5 Å². The number of methoxy groups -OCH3 is 1. The zero-order valence-corrected chi connectivity index (χ0v) is 17.4. The summed E-state index contributed by atoms with van der Waals surface area (Å²) in [5, 5.41) is 9.13. The van der Waals surface area contributed by atoms with E-state index in [0.29, 0.717) is 15.8 Å². The molecule has 3 N–H and O–H groups in total. The third-order valence-electron chi connectivity index (χ3n) is 4.56. The van der Waals surface area contributed by atoms with Gasteiger partial charge in [-0.2, -0.15) is 5.10 Å². The normalized spacial score (nSPS) is 15.1. The molecular formula is C19H25ClN5O2S+. The largest absolute Gasteiger partial charge is 0.497 e. The fraction of sp³-hybridized carbons (Fsp3) is 0.421. The molecule has 2 aromatic rings. The lowest BCUT2D eigenvalue weighted by Crippen LogP contribution is -3.14. The van der Waals surface area contributed by atoms with Gasteiger partial charge in [0.1, 0.15) is 24.0 Å². The first-order valence-corrected chi connectivity index (χ1v) is 10.1. The summed E-state index contributed by atoms with van der Waals surface area (Å²) >= 11 is 11.5. The van der Waals surface area contributed by atoms with Crippen molar-refractivity contribution in [3.8, 4) is 5.75 Å². The number of morpholine rings is 1. The van der Waals surface area contributed by atoms with Gasteiger partial charge in [-0.25, -0.2) is 4.98 Å². The number of ether oxygens (including phenoxy) is 2. The number of benzene rings is 1. The van der Waals surface area contributed by atoms with Crippen LogP contribution in [0.2, 0.25) is 5.15 Å². The molecule has 0 aliphatic carbocycles. The van der Waals surface area contributed by atoms with Crippen molar-refractivity contribution < 1.29 is 14.4 Å². The lowest BCUT2D eigenvalue weighted by atomic mass is 10.1. The van der Waals surface area contributed by atoms with Gasteiger partial charge in [0.15, 0.2) is 5.11 Å². The molecule has 0 unspecified atom stereocenters. The van der Waals surface area contributed by atoms with Crippen molar-refractivity contribution >= 4 is 46.0 Å². The molecule has 2 heterocycles. The summed E-state index contributed by atoms with van der Waals surface area (Å²) in [5.41, 5.74) is 4.32. The summed E-state index contributed by atoms with van der Waals surface area (Å²) < 4.78 is 10.6. The van der Waals surface area contributed by atoms with Gasteiger partial charge in [0.2, 0.25) is 0 Å². The van der Waals surface area contributed by atoms with Crippen LogP contribution in [0, 0.1) is 0 Å². The highest BCUT2D eigenvalue weighted by Gasteiger charge is 2.12. The molecule has 0 amide bonds. The minimum absolute atomic E-state index is 0.385. The maximum Gasteiger partial charge on any atom is 0.186 e. The van der Waals surface area contributed by atoms with Crippen molar-refractivity contribution in [3.05, 3.63) is 35.0 Å². The van der Waals surface area contributed by atoms with Crippen LogP contribution in [0.25, 0.3) is 10.9 Å². The van der Waals surface area contributed by atoms with Crippen LogP contribution in [0.4, 0.5) is 0 Å². The van der Waals surface area contributed by atoms with Crippen LogP contribution in [0.5, 0.6) is 5.75 Å². The van der Waals surface area contributed by atoms with Crippen molar-refractivity contribution in [1.29, 1.82) is 0 Å². The molecule has 1 aromatic heterocycles. The van der Waals surface area contributed by atoms with Gasteiger partial charge in [0, 0.05) is 23.9 Å². The summed E-state index contributed by atoms with van der Waals surface area (Å²) in [6.07, 6.45) is 2.66. The monoisotopic (exact) mass is 422 g/mol. The van der Waals surface area contributed by atoms with E-state index < -0.39 is 0 Å². The predicted molar refractivity (Wildman–Crippen MR) is 116 cm³/mol. The van der Waals surface area contributed by atoms with E-state index in [9.17, 15) is 0 Å². The second-order valence-electron chi connectivity index (χ2n) is 6.52. The Morgan fingerprint density at radius 2 is 2.21 bits per heavy atom. The maximum absolute atomic E-state index is 6.25. The molecule has 0 spiro atoms. The topological polar surface area (TPSA) is 72.2 Å². The maximum atomic E-state index is 6.25. The molecule has 3 rings (SSSR count). The van der Waals surface area contributed by atoms with Crippen LogP contribution < -0.4 is 20.4 Å². The van der Waals surface area contributed by atoms with Crippen molar-refractivity contribution in [2.24, 2.45) is 5.10 Å². The van der Waals surface area contributed by atoms with Gasteiger partial charge >= 0.3 is 0 Å². The second-order valence-corrected chi connectivity index (χ2v) is 7.29. The number of nitrogens with zero attached hydrogens (tertiary/aromatic N) is 2. The predicted octanol–water partition coefficient (Wildman–Crippen LogP) is 1.00. The summed E-state index contributed by atoms with van der Waals surface area (Å²) in [4.78, 5) is 5.97. The number of fused-ring (bicyclic) bond motifs is 1. The quantitative estimate of drug-likeness (QED) is 0.203. The summed E-state index contributed by atoms with van der Waals surface area (Å²) in [6.45, 7) is 5.81. The molecule has 0 bridgehead atoms. The van der Waals surface area contributed by atoms with Gasteiger partial charge in [-0.3, -0.25) is 5.43 Å². The van der Waals surface area contributed by atoms with Crippen LogP contribution >= 0.6 is 23.8 Å². The molecule has 0 saturated carbocycles. The number of hydrazone groups is 1. The molecular weight excluding hydrogens is 398 g/mol. The van der Waals surface area contributed by atoms with Gasteiger partial charge in [0.25, 0.3) is 0 Å². The number of pyridine rings is 1. The molecule has 1 aromatic carbocycles. The first kappa shape index (κ1) is 20.7. The fourth-order valence-corrected chi connectivity index (χ4v) is 3.36. The first-order chi connectivity index (χ1) is 13.7. The molecule has 1 saturated heterocycles. The SMILES string of the molecule is COc1ccc2nc(Cl)c(/C=N\NC(=S)NCCC[NH+]3CCOCC3)cc2c1. The molecule has 0 radical (unpaired) electrons. The average Bonchev–Trinajstić information content (AvgIpc) is 2.72. The van der Waals surface area contributed by atoms with Crippen LogP contribution in [0.1, 0.15) is 12.0 Å². The molecule has 0 atom stereocenters. The van der Waals surface area contributed by atoms with E-state index in [1.165, 1.54) is 0 Å². The Morgan fingerprint density at radius 1 is 1.39 bits per heavy atom. The molecule has 9 heteroatoms. The fourth-order valence-electron chi connectivity index (χ4n) is 3.02. The van der Waals surface area contributed by atoms with Gasteiger partial charge in [0.05, 0.1) is 38.6 Å². The number of halogens is 1. The Kier molecular flexibility index (Phi) is 7.79. The van der Waals surface area contributed by atoms with Crippen molar-refractivity contribution in [1.82, 2.24) is 15.7 Å². The Labute approximate surface area is 175 Å². The van der Waals surface area contributed by atoms with Crippen LogP contribution in [-0.4, -0.2) is 62.8 Å². The third kappa shape index (κ3) is 6.00. The van der Waals surface area contributed by atoms with Crippen LogP contribution in [0.15, 0.2) is 29.4 Å². The number of hydrogen-bond acceptors (Lipinski definition) is 5. The van der Waals surface area contributed by atoms with Crippen molar-refractivity contribution in [3.63, 3.8) is 0 Å². The van der Waals surface area contributed by atoms with Gasteiger partial charge in [-0.15, -0.1) is 0 Å². The molecule has 1 aliphatic rings. The molecule has 150 valence electrons. The van der Waals surface area contributed by atoms with E-state index in [0.717, 1.165) is 62.5 Å². The number of aromatic nitrogens is 1. The number of thiocarbonyl (C=S) groups is 1. The number of rotatable bonds is 7. The highest BCUT2D eigenvalue weighted by molar-refractivity contribution is 7.80. The third-order valence-corrected chi connectivity index (χ3v) is 5.10. The van der Waals surface area contributed by atoms with E-state index >= 15 is 0 Å². The molecule has 7 nitrogen and oxygen atoms in total. The number of quaternary nitrogens is 1. The van der Waals surface area contributed by atoms with Gasteiger partial charge < -0.3 is 19.7 Å². The zero-order chi connectivity index (χ0) is 19.8. The standard InChI is InChI=1S/C19H24ClN5O2S/c1-26-16-3-4-17-14(12-16)11-15(18(20)23-17)13-22-24-19(28)21-5-2-6-25-7-9-27-10-8-25/h3-4,11-13H,2,5-10H2,1H3,(H2,21,24,28)/p+1/b22-13-.